The highest BCUT2D eigenvalue weighted by atomic mass is 32.2. The van der Waals surface area contributed by atoms with Crippen LogP contribution in [0.1, 0.15) is 31.9 Å². The van der Waals surface area contributed by atoms with E-state index in [9.17, 15) is 4.39 Å². The molecule has 0 amide bonds. The molecule has 0 atom stereocenters. The Morgan fingerprint density at radius 2 is 1.95 bits per heavy atom. The van der Waals surface area contributed by atoms with Gasteiger partial charge in [-0.25, -0.2) is 13.4 Å². The van der Waals surface area contributed by atoms with Gasteiger partial charge in [0.25, 0.3) is 0 Å². The molecule has 1 N–H and O–H groups in total. The van der Waals surface area contributed by atoms with E-state index >= 15 is 0 Å². The van der Waals surface area contributed by atoms with Gasteiger partial charge in [-0.05, 0) is 49.7 Å². The van der Waals surface area contributed by atoms with E-state index in [4.69, 9.17) is 0 Å². The lowest BCUT2D eigenvalue weighted by atomic mass is 9.97. The van der Waals surface area contributed by atoms with E-state index in [0.29, 0.717) is 12.1 Å². The molecule has 2 rings (SSSR count). The molecule has 0 saturated heterocycles. The fraction of sp³-hybridized carbons (Fsp3) is 0.529. The van der Waals surface area contributed by atoms with Crippen LogP contribution in [0.4, 0.5) is 4.39 Å². The van der Waals surface area contributed by atoms with Crippen molar-refractivity contribution in [2.45, 2.75) is 40.8 Å². The van der Waals surface area contributed by atoms with Gasteiger partial charge in [0.1, 0.15) is 5.82 Å². The van der Waals surface area contributed by atoms with Gasteiger partial charge in [-0.2, -0.15) is 0 Å². The molecule has 0 aliphatic rings. The number of aryl methyl sites for hydroxylation is 1. The first-order valence-corrected chi connectivity index (χ1v) is 8.30. The predicted octanol–water partition coefficient (Wildman–Crippen LogP) is 4.35. The van der Waals surface area contributed by atoms with E-state index in [1.807, 2.05) is 31.4 Å². The van der Waals surface area contributed by atoms with Crippen LogP contribution in [0.5, 0.6) is 0 Å². The lowest BCUT2D eigenvalue weighted by Crippen LogP contribution is -2.15. The van der Waals surface area contributed by atoms with Gasteiger partial charge in [0.2, 0.25) is 0 Å². The van der Waals surface area contributed by atoms with E-state index in [-0.39, 0.29) is 11.2 Å². The normalized spacial score (nSPS) is 12.5. The zero-order chi connectivity index (χ0) is 16.5. The van der Waals surface area contributed by atoms with Crippen LogP contribution in [0.2, 0.25) is 0 Å². The van der Waals surface area contributed by atoms with E-state index in [2.05, 4.69) is 36.3 Å². The van der Waals surface area contributed by atoms with Crippen molar-refractivity contribution in [3.8, 4) is 0 Å². The lowest BCUT2D eigenvalue weighted by molar-refractivity contribution is 0.349. The first-order chi connectivity index (χ1) is 10.2. The summed E-state index contributed by atoms with van der Waals surface area (Å²) in [6.07, 6.45) is 2.15. The third-order valence-corrected chi connectivity index (χ3v) is 4.04. The summed E-state index contributed by atoms with van der Waals surface area (Å²) in [5.74, 6) is -0.137. The Balaban J connectivity index is 2.40. The van der Waals surface area contributed by atoms with Crippen LogP contribution in [-0.2, 0) is 13.1 Å². The Morgan fingerprint density at radius 1 is 1.27 bits per heavy atom. The second-order valence-electron chi connectivity index (χ2n) is 7.19. The van der Waals surface area contributed by atoms with Crippen molar-refractivity contribution in [2.75, 3.05) is 14.1 Å². The van der Waals surface area contributed by atoms with Gasteiger partial charge >= 0.3 is 0 Å². The molecule has 0 unspecified atom stereocenters. The molecular weight excluding hydrogens is 297 g/mol. The number of benzene rings is 1. The van der Waals surface area contributed by atoms with E-state index in [1.165, 1.54) is 0 Å². The van der Waals surface area contributed by atoms with Crippen LogP contribution in [-0.4, -0.2) is 23.0 Å². The zero-order valence-corrected chi connectivity index (χ0v) is 15.1. The van der Waals surface area contributed by atoms with Gasteiger partial charge in [0, 0.05) is 42.3 Å². The molecule has 0 aliphatic heterocycles. The second-order valence-corrected chi connectivity index (χ2v) is 8.39. The summed E-state index contributed by atoms with van der Waals surface area (Å²) < 4.78 is 21.5. The number of fused-ring (bicyclic) bond motifs is 1. The summed E-state index contributed by atoms with van der Waals surface area (Å²) in [7, 11) is 3.98. The van der Waals surface area contributed by atoms with Gasteiger partial charge in [0.05, 0.1) is 0 Å². The Kier molecular flexibility index (Phi) is 5.20. The maximum Gasteiger partial charge on any atom is 0.126 e. The van der Waals surface area contributed by atoms with E-state index < -0.39 is 0 Å². The van der Waals surface area contributed by atoms with Crippen molar-refractivity contribution >= 4 is 23.0 Å². The molecule has 0 aliphatic carbocycles. The topological polar surface area (TPSA) is 20.2 Å². The van der Waals surface area contributed by atoms with Gasteiger partial charge in [-0.1, -0.05) is 20.8 Å². The van der Waals surface area contributed by atoms with Crippen molar-refractivity contribution in [1.29, 1.82) is 0 Å². The SMILES string of the molecule is Cc1cc2c(cc1F)c(CNSN(C)C)cn2CC(C)(C)C. The average molecular weight is 323 g/mol. The minimum Gasteiger partial charge on any atom is -0.347 e. The molecule has 0 fully saturated rings. The second kappa shape index (κ2) is 6.60. The van der Waals surface area contributed by atoms with Gasteiger partial charge in [0.15, 0.2) is 0 Å². The van der Waals surface area contributed by atoms with Crippen LogP contribution in [0.3, 0.4) is 0 Å². The van der Waals surface area contributed by atoms with Gasteiger partial charge in [-0.3, -0.25) is 0 Å². The van der Waals surface area contributed by atoms with Crippen molar-refractivity contribution in [2.24, 2.45) is 5.41 Å². The highest BCUT2D eigenvalue weighted by Gasteiger charge is 2.16. The van der Waals surface area contributed by atoms with Crippen LogP contribution in [0, 0.1) is 18.2 Å². The Hall–Kier alpha value is -1.04. The van der Waals surface area contributed by atoms with Crippen LogP contribution in [0.15, 0.2) is 18.3 Å². The number of rotatable bonds is 5. The molecule has 0 saturated carbocycles. The molecule has 0 radical (unpaired) electrons. The first kappa shape index (κ1) is 17.3. The fourth-order valence-corrected chi connectivity index (χ4v) is 2.99. The minimum atomic E-state index is -0.137. The van der Waals surface area contributed by atoms with Crippen molar-refractivity contribution in [3.05, 3.63) is 35.3 Å². The van der Waals surface area contributed by atoms with E-state index in [0.717, 1.165) is 23.0 Å². The lowest BCUT2D eigenvalue weighted by Gasteiger charge is -2.20. The summed E-state index contributed by atoms with van der Waals surface area (Å²) in [5.41, 5.74) is 3.12. The van der Waals surface area contributed by atoms with Crippen LogP contribution >= 0.6 is 12.1 Å². The molecule has 22 heavy (non-hydrogen) atoms. The molecule has 1 aromatic carbocycles. The first-order valence-electron chi connectivity index (χ1n) is 7.52. The Labute approximate surface area is 137 Å². The average Bonchev–Trinajstić information content (AvgIpc) is 2.66. The number of hydrogen-bond acceptors (Lipinski definition) is 3. The highest BCUT2D eigenvalue weighted by molar-refractivity contribution is 7.95. The van der Waals surface area contributed by atoms with Gasteiger partial charge < -0.3 is 4.57 Å². The van der Waals surface area contributed by atoms with Crippen molar-refractivity contribution in [3.63, 3.8) is 0 Å². The number of halogens is 1. The molecule has 2 aromatic rings. The highest BCUT2D eigenvalue weighted by Crippen LogP contribution is 2.28. The monoisotopic (exact) mass is 323 g/mol. The maximum atomic E-state index is 14.0. The third-order valence-electron chi connectivity index (χ3n) is 3.40. The fourth-order valence-electron chi connectivity index (χ4n) is 2.51. The van der Waals surface area contributed by atoms with Crippen LogP contribution < -0.4 is 4.72 Å². The number of nitrogens with zero attached hydrogens (tertiary/aromatic N) is 2. The number of nitrogens with one attached hydrogen (secondary N) is 1. The summed E-state index contributed by atoms with van der Waals surface area (Å²) in [6, 6.07) is 3.63. The standard InChI is InChI=1S/C17H26FN3S/c1-12-7-16-14(8-15(12)18)13(9-19-22-20(5)6)10-21(16)11-17(2,3)4/h7-8,10,19H,9,11H2,1-6H3. The largest absolute Gasteiger partial charge is 0.347 e. The Morgan fingerprint density at radius 3 is 2.55 bits per heavy atom. The van der Waals surface area contributed by atoms with Gasteiger partial charge in [-0.15, -0.1) is 0 Å². The summed E-state index contributed by atoms with van der Waals surface area (Å²) in [4.78, 5) is 0. The molecule has 1 heterocycles. The van der Waals surface area contributed by atoms with Crippen molar-refractivity contribution < 1.29 is 4.39 Å². The Bertz CT molecular complexity index is 656. The molecular formula is C17H26FN3S. The molecule has 0 spiro atoms. The molecule has 5 heteroatoms. The molecule has 3 nitrogen and oxygen atoms in total. The zero-order valence-electron chi connectivity index (χ0n) is 14.3. The summed E-state index contributed by atoms with van der Waals surface area (Å²) in [6.45, 7) is 10.1. The van der Waals surface area contributed by atoms with Crippen LogP contribution in [0.25, 0.3) is 10.9 Å². The number of aromatic nitrogens is 1. The molecule has 1 aromatic heterocycles. The summed E-state index contributed by atoms with van der Waals surface area (Å²) >= 11 is 1.54. The number of hydrogen-bond donors (Lipinski definition) is 1. The van der Waals surface area contributed by atoms with Crippen molar-refractivity contribution in [1.82, 2.24) is 13.6 Å². The minimum absolute atomic E-state index is 0.137. The quantitative estimate of drug-likeness (QED) is 0.826. The third kappa shape index (κ3) is 4.24. The smallest absolute Gasteiger partial charge is 0.126 e. The van der Waals surface area contributed by atoms with E-state index in [1.54, 1.807) is 18.2 Å². The summed E-state index contributed by atoms with van der Waals surface area (Å²) in [5, 5.41) is 0.999. The molecule has 122 valence electrons. The maximum absolute atomic E-state index is 14.0. The molecule has 0 bridgehead atoms. The predicted molar refractivity (Wildman–Crippen MR) is 94.2 cm³/mol.